The van der Waals surface area contributed by atoms with Crippen LogP contribution in [0.1, 0.15) is 32.1 Å². The fourth-order valence-corrected chi connectivity index (χ4v) is 2.78. The molecule has 0 amide bonds. The van der Waals surface area contributed by atoms with Gasteiger partial charge in [-0.1, -0.05) is 6.07 Å². The Morgan fingerprint density at radius 1 is 1.32 bits per heavy atom. The van der Waals surface area contributed by atoms with Crippen LogP contribution in [-0.2, 0) is 0 Å². The summed E-state index contributed by atoms with van der Waals surface area (Å²) in [5, 5.41) is 3.65. The number of hydrogen-bond donors (Lipinski definition) is 1. The van der Waals surface area contributed by atoms with E-state index in [2.05, 4.69) is 21.3 Å². The monoisotopic (exact) mass is 261 g/mol. The average molecular weight is 261 g/mol. The first-order valence-corrected chi connectivity index (χ1v) is 7.38. The SMILES string of the molecule is COc1cccc(N2CCCCC2CNC2CC2)n1. The number of aromatic nitrogens is 1. The molecule has 104 valence electrons. The molecule has 1 unspecified atom stereocenters. The Bertz CT molecular complexity index is 420. The first kappa shape index (κ1) is 12.7. The molecule has 4 nitrogen and oxygen atoms in total. The molecule has 0 radical (unpaired) electrons. The van der Waals surface area contributed by atoms with Gasteiger partial charge in [0.05, 0.1) is 7.11 Å². The number of hydrogen-bond acceptors (Lipinski definition) is 4. The molecule has 1 atom stereocenters. The highest BCUT2D eigenvalue weighted by atomic mass is 16.5. The van der Waals surface area contributed by atoms with Gasteiger partial charge in [0.25, 0.3) is 0 Å². The summed E-state index contributed by atoms with van der Waals surface area (Å²) < 4.78 is 5.24. The van der Waals surface area contributed by atoms with E-state index in [1.807, 2.05) is 12.1 Å². The third-order valence-electron chi connectivity index (χ3n) is 4.06. The minimum absolute atomic E-state index is 0.578. The van der Waals surface area contributed by atoms with E-state index in [4.69, 9.17) is 4.74 Å². The van der Waals surface area contributed by atoms with Gasteiger partial charge >= 0.3 is 0 Å². The van der Waals surface area contributed by atoms with Gasteiger partial charge in [0.15, 0.2) is 0 Å². The molecule has 1 saturated heterocycles. The van der Waals surface area contributed by atoms with Gasteiger partial charge in [-0.25, -0.2) is 0 Å². The third kappa shape index (κ3) is 3.18. The molecule has 19 heavy (non-hydrogen) atoms. The summed E-state index contributed by atoms with van der Waals surface area (Å²) in [5.74, 6) is 1.76. The van der Waals surface area contributed by atoms with Gasteiger partial charge in [-0.2, -0.15) is 4.98 Å². The molecule has 0 bridgehead atoms. The molecule has 1 aliphatic carbocycles. The Kier molecular flexibility index (Phi) is 3.87. The molecule has 1 aromatic heterocycles. The Labute approximate surface area is 115 Å². The lowest BCUT2D eigenvalue weighted by Crippen LogP contribution is -2.46. The zero-order valence-electron chi connectivity index (χ0n) is 11.6. The summed E-state index contributed by atoms with van der Waals surface area (Å²) in [6.07, 6.45) is 6.56. The van der Waals surface area contributed by atoms with Crippen LogP contribution in [0.4, 0.5) is 5.82 Å². The number of nitrogens with zero attached hydrogens (tertiary/aromatic N) is 2. The standard InChI is InChI=1S/C15H23N3O/c1-19-15-7-4-6-14(17-15)18-10-3-2-5-13(18)11-16-12-8-9-12/h4,6-7,12-13,16H,2-3,5,8-11H2,1H3. The van der Waals surface area contributed by atoms with Crippen LogP contribution >= 0.6 is 0 Å². The molecule has 1 saturated carbocycles. The topological polar surface area (TPSA) is 37.4 Å². The van der Waals surface area contributed by atoms with E-state index >= 15 is 0 Å². The molecular weight excluding hydrogens is 238 g/mol. The van der Waals surface area contributed by atoms with E-state index in [0.29, 0.717) is 11.9 Å². The predicted octanol–water partition coefficient (Wildman–Crippen LogP) is 2.20. The van der Waals surface area contributed by atoms with E-state index < -0.39 is 0 Å². The van der Waals surface area contributed by atoms with Crippen LogP contribution < -0.4 is 15.0 Å². The Morgan fingerprint density at radius 3 is 3.00 bits per heavy atom. The summed E-state index contributed by atoms with van der Waals surface area (Å²) in [7, 11) is 1.68. The zero-order valence-corrected chi connectivity index (χ0v) is 11.6. The van der Waals surface area contributed by atoms with Crippen molar-refractivity contribution in [2.45, 2.75) is 44.2 Å². The largest absolute Gasteiger partial charge is 0.481 e. The molecule has 1 N–H and O–H groups in total. The number of ether oxygens (including phenoxy) is 1. The lowest BCUT2D eigenvalue weighted by molar-refractivity contribution is 0.393. The van der Waals surface area contributed by atoms with Crippen LogP contribution in [-0.4, -0.2) is 37.3 Å². The lowest BCUT2D eigenvalue weighted by Gasteiger charge is -2.37. The minimum atomic E-state index is 0.578. The van der Waals surface area contributed by atoms with Crippen molar-refractivity contribution in [3.05, 3.63) is 18.2 Å². The highest BCUT2D eigenvalue weighted by molar-refractivity contribution is 5.42. The first-order chi connectivity index (χ1) is 9.36. The maximum absolute atomic E-state index is 5.24. The van der Waals surface area contributed by atoms with Crippen molar-refractivity contribution in [3.8, 4) is 5.88 Å². The summed E-state index contributed by atoms with van der Waals surface area (Å²) in [6.45, 7) is 2.20. The number of anilines is 1. The van der Waals surface area contributed by atoms with Crippen LogP contribution in [0.15, 0.2) is 18.2 Å². The van der Waals surface area contributed by atoms with Crippen LogP contribution in [0, 0.1) is 0 Å². The third-order valence-corrected chi connectivity index (χ3v) is 4.06. The van der Waals surface area contributed by atoms with Gasteiger partial charge in [-0.05, 0) is 38.2 Å². The van der Waals surface area contributed by atoms with E-state index in [-0.39, 0.29) is 0 Å². The number of rotatable bonds is 5. The van der Waals surface area contributed by atoms with Crippen molar-refractivity contribution in [1.29, 1.82) is 0 Å². The summed E-state index contributed by atoms with van der Waals surface area (Å²) in [4.78, 5) is 7.03. The van der Waals surface area contributed by atoms with Gasteiger partial charge in [-0.3, -0.25) is 0 Å². The number of pyridine rings is 1. The van der Waals surface area contributed by atoms with Gasteiger partial charge < -0.3 is 15.0 Å². The number of nitrogens with one attached hydrogen (secondary N) is 1. The van der Waals surface area contributed by atoms with Crippen molar-refractivity contribution in [2.24, 2.45) is 0 Å². The van der Waals surface area contributed by atoms with Crippen LogP contribution in [0.2, 0.25) is 0 Å². The van der Waals surface area contributed by atoms with Gasteiger partial charge in [0, 0.05) is 31.2 Å². The molecule has 4 heteroatoms. The van der Waals surface area contributed by atoms with Crippen LogP contribution in [0.3, 0.4) is 0 Å². The Hall–Kier alpha value is -1.29. The molecule has 1 aromatic rings. The molecular formula is C15H23N3O. The van der Waals surface area contributed by atoms with E-state index in [9.17, 15) is 0 Å². The summed E-state index contributed by atoms with van der Waals surface area (Å²) in [6, 6.07) is 7.39. The predicted molar refractivity (Wildman–Crippen MR) is 76.8 cm³/mol. The smallest absolute Gasteiger partial charge is 0.214 e. The van der Waals surface area contributed by atoms with E-state index in [1.165, 1.54) is 32.1 Å². The highest BCUT2D eigenvalue weighted by Crippen LogP contribution is 2.25. The Balaban J connectivity index is 1.70. The number of methoxy groups -OCH3 is 1. The zero-order chi connectivity index (χ0) is 13.1. The maximum Gasteiger partial charge on any atom is 0.214 e. The van der Waals surface area contributed by atoms with Gasteiger partial charge in [0.1, 0.15) is 5.82 Å². The second kappa shape index (κ2) is 5.78. The molecule has 0 spiro atoms. The lowest BCUT2D eigenvalue weighted by atomic mass is 10.0. The minimum Gasteiger partial charge on any atom is -0.481 e. The molecule has 0 aromatic carbocycles. The first-order valence-electron chi connectivity index (χ1n) is 7.38. The van der Waals surface area contributed by atoms with Crippen LogP contribution in [0.25, 0.3) is 0 Å². The number of piperidine rings is 1. The highest BCUT2D eigenvalue weighted by Gasteiger charge is 2.27. The average Bonchev–Trinajstić information content (AvgIpc) is 3.30. The molecule has 2 aliphatic rings. The quantitative estimate of drug-likeness (QED) is 0.881. The Morgan fingerprint density at radius 2 is 2.21 bits per heavy atom. The van der Waals surface area contributed by atoms with Crippen molar-refractivity contribution < 1.29 is 4.74 Å². The summed E-state index contributed by atoms with van der Waals surface area (Å²) >= 11 is 0. The molecule has 2 heterocycles. The van der Waals surface area contributed by atoms with Crippen molar-refractivity contribution in [3.63, 3.8) is 0 Å². The summed E-state index contributed by atoms with van der Waals surface area (Å²) in [5.41, 5.74) is 0. The second-order valence-electron chi connectivity index (χ2n) is 5.56. The van der Waals surface area contributed by atoms with Crippen molar-refractivity contribution in [2.75, 3.05) is 25.1 Å². The van der Waals surface area contributed by atoms with E-state index in [1.54, 1.807) is 7.11 Å². The van der Waals surface area contributed by atoms with Crippen LogP contribution in [0.5, 0.6) is 5.88 Å². The molecule has 1 aliphatic heterocycles. The maximum atomic E-state index is 5.24. The van der Waals surface area contributed by atoms with Gasteiger partial charge in [-0.15, -0.1) is 0 Å². The second-order valence-corrected chi connectivity index (χ2v) is 5.56. The van der Waals surface area contributed by atoms with Crippen molar-refractivity contribution in [1.82, 2.24) is 10.3 Å². The van der Waals surface area contributed by atoms with E-state index in [0.717, 1.165) is 24.9 Å². The van der Waals surface area contributed by atoms with Gasteiger partial charge in [0.2, 0.25) is 5.88 Å². The fourth-order valence-electron chi connectivity index (χ4n) is 2.78. The normalized spacial score (nSPS) is 23.4. The van der Waals surface area contributed by atoms with Crippen molar-refractivity contribution >= 4 is 5.82 Å². The molecule has 3 rings (SSSR count). The fraction of sp³-hybridized carbons (Fsp3) is 0.667. The molecule has 2 fully saturated rings.